The molecule has 2 atom stereocenters. The van der Waals surface area contributed by atoms with E-state index in [4.69, 9.17) is 25.8 Å². The van der Waals surface area contributed by atoms with Crippen LogP contribution in [-0.4, -0.2) is 38.7 Å². The molecule has 3 aromatic carbocycles. The fraction of sp³-hybridized carbons (Fsp3) is 0.310. The molecule has 194 valence electrons. The Bertz CT molecular complexity index is 1260. The molecule has 1 aliphatic heterocycles. The molecule has 1 N–H and O–H groups in total. The van der Waals surface area contributed by atoms with Crippen LogP contribution in [0.1, 0.15) is 43.0 Å². The summed E-state index contributed by atoms with van der Waals surface area (Å²) < 4.78 is 17.4. The molecule has 37 heavy (non-hydrogen) atoms. The first kappa shape index (κ1) is 26.4. The van der Waals surface area contributed by atoms with Crippen LogP contribution in [0.5, 0.6) is 17.2 Å². The molecule has 0 fully saturated rings. The molecule has 7 nitrogen and oxygen atoms in total. The molecule has 3 aromatic rings. The minimum absolute atomic E-state index is 0.0644. The summed E-state index contributed by atoms with van der Waals surface area (Å²) in [5, 5.41) is 3.17. The number of halogens is 1. The summed E-state index contributed by atoms with van der Waals surface area (Å²) in [4.78, 5) is 27.3. The second-order valence-electron chi connectivity index (χ2n) is 8.89. The quantitative estimate of drug-likeness (QED) is 0.411. The summed E-state index contributed by atoms with van der Waals surface area (Å²) in [7, 11) is 3.16. The Morgan fingerprint density at radius 2 is 1.81 bits per heavy atom. The highest BCUT2D eigenvalue weighted by atomic mass is 35.5. The van der Waals surface area contributed by atoms with Gasteiger partial charge in [-0.15, -0.1) is 0 Å². The van der Waals surface area contributed by atoms with Gasteiger partial charge >= 0.3 is 0 Å². The number of nitrogens with one attached hydrogen (secondary N) is 1. The van der Waals surface area contributed by atoms with Crippen LogP contribution in [0.3, 0.4) is 0 Å². The van der Waals surface area contributed by atoms with Crippen molar-refractivity contribution in [1.82, 2.24) is 5.32 Å². The smallest absolute Gasteiger partial charge is 0.257 e. The molecule has 0 saturated carbocycles. The minimum atomic E-state index is -0.422. The number of amides is 2. The molecular weight excluding hydrogens is 492 g/mol. The predicted octanol–water partition coefficient (Wildman–Crippen LogP) is 5.33. The largest absolute Gasteiger partial charge is 0.497 e. The van der Waals surface area contributed by atoms with E-state index in [-0.39, 0.29) is 30.9 Å². The van der Waals surface area contributed by atoms with Crippen molar-refractivity contribution in [2.24, 2.45) is 0 Å². The highest BCUT2D eigenvalue weighted by Crippen LogP contribution is 2.44. The summed E-state index contributed by atoms with van der Waals surface area (Å²) in [6, 6.07) is 18.3. The number of hydrogen-bond donors (Lipinski definition) is 1. The topological polar surface area (TPSA) is 77.1 Å². The first-order valence-corrected chi connectivity index (χ1v) is 12.6. The Hall–Kier alpha value is -3.71. The molecule has 0 aromatic heterocycles. The lowest BCUT2D eigenvalue weighted by atomic mass is 9.86. The Balaban J connectivity index is 1.86. The lowest BCUT2D eigenvalue weighted by molar-refractivity contribution is -0.122. The van der Waals surface area contributed by atoms with Gasteiger partial charge in [-0.25, -0.2) is 0 Å². The molecule has 0 aliphatic carbocycles. The van der Waals surface area contributed by atoms with E-state index in [9.17, 15) is 9.59 Å². The number of nitrogens with zero attached hydrogens (tertiary/aromatic N) is 1. The van der Waals surface area contributed by atoms with Crippen molar-refractivity contribution >= 4 is 29.1 Å². The summed E-state index contributed by atoms with van der Waals surface area (Å²) in [6.45, 7) is 3.86. The maximum absolute atomic E-state index is 13.6. The fourth-order valence-corrected chi connectivity index (χ4v) is 4.41. The average Bonchev–Trinajstić information content (AvgIpc) is 2.91. The van der Waals surface area contributed by atoms with E-state index >= 15 is 0 Å². The maximum Gasteiger partial charge on any atom is 0.257 e. The van der Waals surface area contributed by atoms with Crippen molar-refractivity contribution in [3.05, 3.63) is 82.4 Å². The van der Waals surface area contributed by atoms with Crippen LogP contribution < -0.4 is 24.4 Å². The third-order valence-corrected chi connectivity index (χ3v) is 6.70. The van der Waals surface area contributed by atoms with Crippen LogP contribution in [0.25, 0.3) is 0 Å². The lowest BCUT2D eigenvalue weighted by Crippen LogP contribution is -2.41. The van der Waals surface area contributed by atoms with Gasteiger partial charge in [0.05, 0.1) is 25.7 Å². The number of carbonyl (C=O) groups excluding carboxylic acids is 2. The number of methoxy groups -OCH3 is 1. The predicted molar refractivity (Wildman–Crippen MR) is 144 cm³/mol. The molecule has 0 radical (unpaired) electrons. The van der Waals surface area contributed by atoms with Gasteiger partial charge in [0.2, 0.25) is 5.91 Å². The van der Waals surface area contributed by atoms with E-state index in [0.29, 0.717) is 22.3 Å². The molecule has 4 rings (SSSR count). The van der Waals surface area contributed by atoms with Gasteiger partial charge in [-0.1, -0.05) is 30.7 Å². The standard InChI is InChI=1S/C29H31ClN2O5/c1-5-18(2)37-26-16-24-20(14-25(26)36-17-27(33)31-3)15-28(34)32(22-10-12-23(35-4)13-11-22)29(24)19-6-8-21(30)9-7-19/h6-14,16,18,29H,5,15,17H2,1-4H3,(H,31,33). The second-order valence-corrected chi connectivity index (χ2v) is 9.33. The molecule has 2 amide bonds. The maximum atomic E-state index is 13.6. The van der Waals surface area contributed by atoms with Crippen molar-refractivity contribution in [3.8, 4) is 17.2 Å². The highest BCUT2D eigenvalue weighted by molar-refractivity contribution is 6.30. The summed E-state index contributed by atoms with van der Waals surface area (Å²) in [5.41, 5.74) is 3.39. The third-order valence-electron chi connectivity index (χ3n) is 6.45. The minimum Gasteiger partial charge on any atom is -0.497 e. The zero-order valence-corrected chi connectivity index (χ0v) is 22.2. The molecule has 1 aliphatic rings. The SMILES string of the molecule is CCC(C)Oc1cc2c(cc1OCC(=O)NC)CC(=O)N(c1ccc(OC)cc1)C2c1ccc(Cl)cc1. The molecular formula is C29H31ClN2O5. The summed E-state index contributed by atoms with van der Waals surface area (Å²) >= 11 is 6.19. The van der Waals surface area contributed by atoms with Gasteiger partial charge in [0, 0.05) is 17.8 Å². The Kier molecular flexibility index (Phi) is 8.24. The summed E-state index contributed by atoms with van der Waals surface area (Å²) in [5.74, 6) is 1.35. The van der Waals surface area contributed by atoms with Gasteiger partial charge in [-0.05, 0) is 78.6 Å². The molecule has 8 heteroatoms. The fourth-order valence-electron chi connectivity index (χ4n) is 4.29. The monoisotopic (exact) mass is 522 g/mol. The molecule has 1 heterocycles. The summed E-state index contributed by atoms with van der Waals surface area (Å²) in [6.07, 6.45) is 0.895. The van der Waals surface area contributed by atoms with Crippen molar-refractivity contribution in [1.29, 1.82) is 0 Å². The normalized spacial score (nSPS) is 15.5. The van der Waals surface area contributed by atoms with Crippen molar-refractivity contribution in [3.63, 3.8) is 0 Å². The number of anilines is 1. The number of benzene rings is 3. The van der Waals surface area contributed by atoms with Gasteiger partial charge in [0.15, 0.2) is 18.1 Å². The molecule has 0 saturated heterocycles. The first-order chi connectivity index (χ1) is 17.8. The lowest BCUT2D eigenvalue weighted by Gasteiger charge is -2.38. The van der Waals surface area contributed by atoms with Gasteiger partial charge in [-0.2, -0.15) is 0 Å². The number of hydrogen-bond acceptors (Lipinski definition) is 5. The number of fused-ring (bicyclic) bond motifs is 1. The van der Waals surface area contributed by atoms with E-state index in [0.717, 1.165) is 28.8 Å². The van der Waals surface area contributed by atoms with Crippen LogP contribution in [0.4, 0.5) is 5.69 Å². The number of carbonyl (C=O) groups is 2. The third kappa shape index (κ3) is 5.83. The van der Waals surface area contributed by atoms with Crippen molar-refractivity contribution < 1.29 is 23.8 Å². The second kappa shape index (κ2) is 11.6. The van der Waals surface area contributed by atoms with E-state index in [1.807, 2.05) is 74.5 Å². The van der Waals surface area contributed by atoms with Crippen LogP contribution in [-0.2, 0) is 16.0 Å². The van der Waals surface area contributed by atoms with E-state index in [1.54, 1.807) is 19.1 Å². The number of likely N-dealkylation sites (N-methyl/N-ethyl adjacent to an activating group) is 1. The highest BCUT2D eigenvalue weighted by Gasteiger charge is 2.36. The zero-order chi connectivity index (χ0) is 26.5. The average molecular weight is 523 g/mol. The number of rotatable bonds is 9. The van der Waals surface area contributed by atoms with E-state index in [2.05, 4.69) is 5.32 Å². The Morgan fingerprint density at radius 3 is 2.43 bits per heavy atom. The van der Waals surface area contributed by atoms with Crippen molar-refractivity contribution in [2.75, 3.05) is 25.7 Å². The van der Waals surface area contributed by atoms with Crippen LogP contribution in [0, 0.1) is 0 Å². The van der Waals surface area contributed by atoms with E-state index < -0.39 is 6.04 Å². The van der Waals surface area contributed by atoms with Crippen LogP contribution >= 0.6 is 11.6 Å². The Morgan fingerprint density at radius 1 is 1.11 bits per heavy atom. The van der Waals surface area contributed by atoms with Gasteiger partial charge < -0.3 is 24.4 Å². The van der Waals surface area contributed by atoms with Crippen LogP contribution in [0.2, 0.25) is 5.02 Å². The van der Waals surface area contributed by atoms with Gasteiger partial charge in [0.25, 0.3) is 5.91 Å². The molecule has 0 spiro atoms. The van der Waals surface area contributed by atoms with Gasteiger partial charge in [0.1, 0.15) is 5.75 Å². The zero-order valence-electron chi connectivity index (χ0n) is 21.4. The number of ether oxygens (including phenoxy) is 3. The van der Waals surface area contributed by atoms with E-state index in [1.165, 1.54) is 0 Å². The first-order valence-electron chi connectivity index (χ1n) is 12.2. The molecule has 2 unspecified atom stereocenters. The Labute approximate surface area is 222 Å². The van der Waals surface area contributed by atoms with Crippen molar-refractivity contribution in [2.45, 2.75) is 38.8 Å². The van der Waals surface area contributed by atoms with Crippen LogP contribution in [0.15, 0.2) is 60.7 Å². The van der Waals surface area contributed by atoms with Gasteiger partial charge in [-0.3, -0.25) is 9.59 Å². The molecule has 0 bridgehead atoms.